The number of amides is 2. The molecule has 0 saturated heterocycles. The molecule has 1 saturated carbocycles. The molecule has 0 heterocycles. The van der Waals surface area contributed by atoms with Crippen molar-refractivity contribution in [1.29, 1.82) is 0 Å². The molecule has 0 atom stereocenters. The van der Waals surface area contributed by atoms with Crippen LogP contribution in [0.5, 0.6) is 11.5 Å². The Labute approximate surface area is 238 Å². The average Bonchev–Trinajstić information content (AvgIpc) is 2.91. The van der Waals surface area contributed by atoms with E-state index in [-0.39, 0.29) is 46.1 Å². The monoisotopic (exact) mass is 589 g/mol. The van der Waals surface area contributed by atoms with Gasteiger partial charge in [0, 0.05) is 24.0 Å². The number of para-hydroxylation sites is 1. The van der Waals surface area contributed by atoms with Gasteiger partial charge in [0.2, 0.25) is 5.91 Å². The number of carbonyl (C=O) groups is 2. The summed E-state index contributed by atoms with van der Waals surface area (Å²) in [7, 11) is -4.05. The molecule has 39 heavy (non-hydrogen) atoms. The van der Waals surface area contributed by atoms with E-state index in [1.54, 1.807) is 24.3 Å². The van der Waals surface area contributed by atoms with Gasteiger partial charge in [0.15, 0.2) is 0 Å². The van der Waals surface area contributed by atoms with Crippen molar-refractivity contribution in [1.82, 2.24) is 10.6 Å². The topological polar surface area (TPSA) is 114 Å². The molecule has 0 aromatic heterocycles. The average molecular weight is 591 g/mol. The first-order valence-corrected chi connectivity index (χ1v) is 14.9. The van der Waals surface area contributed by atoms with E-state index >= 15 is 0 Å². The van der Waals surface area contributed by atoms with Gasteiger partial charge in [-0.25, -0.2) is 8.42 Å². The number of hydrogen-bond donors (Lipinski definition) is 3. The number of ether oxygens (including phenoxy) is 1. The van der Waals surface area contributed by atoms with Crippen LogP contribution < -0.4 is 20.1 Å². The second-order valence-corrected chi connectivity index (χ2v) is 11.7. The first-order valence-electron chi connectivity index (χ1n) is 12.6. The van der Waals surface area contributed by atoms with Crippen LogP contribution in [0.3, 0.4) is 0 Å². The van der Waals surface area contributed by atoms with Crippen LogP contribution in [0, 0.1) is 0 Å². The molecule has 0 unspecified atom stereocenters. The molecule has 2 amide bonds. The minimum absolute atomic E-state index is 0.0327. The van der Waals surface area contributed by atoms with Gasteiger partial charge in [0.05, 0.1) is 21.2 Å². The van der Waals surface area contributed by atoms with Gasteiger partial charge < -0.3 is 15.4 Å². The number of halogens is 2. The highest BCUT2D eigenvalue weighted by molar-refractivity contribution is 7.92. The zero-order valence-corrected chi connectivity index (χ0v) is 23.4. The standard InChI is InChI=1S/C28H29Cl2N3O5S/c29-19-10-15-25(23(18-19)28(35)31-17-16-27(34)32-20-6-2-1-3-7-20)33-39(36,37)22-13-11-21(12-14-22)38-26-9-5-4-8-24(26)30/h4-5,8-15,18,20,33H,1-3,6-7,16-17H2,(H,31,35)(H,32,34). The van der Waals surface area contributed by atoms with Gasteiger partial charge in [-0.05, 0) is 67.4 Å². The summed E-state index contributed by atoms with van der Waals surface area (Å²) >= 11 is 12.2. The summed E-state index contributed by atoms with van der Waals surface area (Å²) in [5, 5.41) is 6.37. The molecule has 0 radical (unpaired) electrons. The molecule has 3 aromatic rings. The van der Waals surface area contributed by atoms with Crippen LogP contribution in [0.25, 0.3) is 0 Å². The summed E-state index contributed by atoms with van der Waals surface area (Å²) < 4.78 is 34.3. The fourth-order valence-corrected chi connectivity index (χ4v) is 5.70. The number of rotatable bonds is 10. The van der Waals surface area contributed by atoms with E-state index in [1.165, 1.54) is 48.9 Å². The van der Waals surface area contributed by atoms with Crippen LogP contribution in [0.15, 0.2) is 71.6 Å². The lowest BCUT2D eigenvalue weighted by Gasteiger charge is -2.22. The van der Waals surface area contributed by atoms with E-state index in [4.69, 9.17) is 27.9 Å². The summed E-state index contributed by atoms with van der Waals surface area (Å²) in [4.78, 5) is 25.1. The smallest absolute Gasteiger partial charge is 0.261 e. The van der Waals surface area contributed by atoms with Gasteiger partial charge in [0.1, 0.15) is 11.5 Å². The zero-order valence-electron chi connectivity index (χ0n) is 21.1. The lowest BCUT2D eigenvalue weighted by Crippen LogP contribution is -2.38. The van der Waals surface area contributed by atoms with Crippen molar-refractivity contribution in [2.45, 2.75) is 49.5 Å². The third kappa shape index (κ3) is 8.11. The van der Waals surface area contributed by atoms with Crippen molar-refractivity contribution in [3.8, 4) is 11.5 Å². The maximum Gasteiger partial charge on any atom is 0.261 e. The van der Waals surface area contributed by atoms with E-state index in [1.807, 2.05) is 0 Å². The van der Waals surface area contributed by atoms with E-state index in [9.17, 15) is 18.0 Å². The van der Waals surface area contributed by atoms with E-state index in [2.05, 4.69) is 15.4 Å². The maximum atomic E-state index is 13.1. The molecule has 1 aliphatic rings. The lowest BCUT2D eigenvalue weighted by atomic mass is 9.95. The van der Waals surface area contributed by atoms with E-state index < -0.39 is 15.9 Å². The summed E-state index contributed by atoms with van der Waals surface area (Å²) in [6.45, 7) is 0.100. The van der Waals surface area contributed by atoms with Gasteiger partial charge in [-0.1, -0.05) is 54.6 Å². The molecule has 206 valence electrons. The van der Waals surface area contributed by atoms with Gasteiger partial charge in [-0.3, -0.25) is 14.3 Å². The molecule has 1 aliphatic carbocycles. The highest BCUT2D eigenvalue weighted by atomic mass is 35.5. The Morgan fingerprint density at radius 3 is 2.36 bits per heavy atom. The fourth-order valence-electron chi connectivity index (χ4n) is 4.27. The van der Waals surface area contributed by atoms with Crippen LogP contribution >= 0.6 is 23.2 Å². The lowest BCUT2D eigenvalue weighted by molar-refractivity contribution is -0.121. The molecule has 0 spiro atoms. The van der Waals surface area contributed by atoms with Crippen LogP contribution in [0.1, 0.15) is 48.9 Å². The van der Waals surface area contributed by atoms with Crippen molar-refractivity contribution < 1.29 is 22.7 Å². The van der Waals surface area contributed by atoms with E-state index in [0.717, 1.165) is 25.7 Å². The molecule has 4 rings (SSSR count). The largest absolute Gasteiger partial charge is 0.456 e. The Hall–Kier alpha value is -3.27. The first kappa shape index (κ1) is 28.7. The fraction of sp³-hybridized carbons (Fsp3) is 0.286. The second kappa shape index (κ2) is 13.2. The number of benzene rings is 3. The Morgan fingerprint density at radius 1 is 0.923 bits per heavy atom. The van der Waals surface area contributed by atoms with Crippen molar-refractivity contribution in [2.75, 3.05) is 11.3 Å². The molecular formula is C28H29Cl2N3O5S. The SMILES string of the molecule is O=C(CCNC(=O)c1cc(Cl)ccc1NS(=O)(=O)c1ccc(Oc2ccccc2Cl)cc1)NC1CCCCC1. The van der Waals surface area contributed by atoms with Gasteiger partial charge in [0.25, 0.3) is 15.9 Å². The molecular weight excluding hydrogens is 561 g/mol. The van der Waals surface area contributed by atoms with Crippen molar-refractivity contribution in [3.63, 3.8) is 0 Å². The molecule has 0 bridgehead atoms. The van der Waals surface area contributed by atoms with Crippen LogP contribution in [-0.4, -0.2) is 32.8 Å². The third-order valence-electron chi connectivity index (χ3n) is 6.28. The Balaban J connectivity index is 1.38. The van der Waals surface area contributed by atoms with Gasteiger partial charge >= 0.3 is 0 Å². The molecule has 1 fully saturated rings. The summed E-state index contributed by atoms with van der Waals surface area (Å²) in [5.74, 6) is 0.164. The molecule has 8 nitrogen and oxygen atoms in total. The summed E-state index contributed by atoms with van der Waals surface area (Å²) in [6.07, 6.45) is 5.47. The minimum Gasteiger partial charge on any atom is -0.456 e. The predicted molar refractivity (Wildman–Crippen MR) is 152 cm³/mol. The highest BCUT2D eigenvalue weighted by Gasteiger charge is 2.20. The zero-order chi connectivity index (χ0) is 27.8. The van der Waals surface area contributed by atoms with Crippen molar-refractivity contribution in [3.05, 3.63) is 82.3 Å². The highest BCUT2D eigenvalue weighted by Crippen LogP contribution is 2.30. The summed E-state index contributed by atoms with van der Waals surface area (Å²) in [5.41, 5.74) is 0.0948. The Bertz CT molecular complexity index is 1430. The quantitative estimate of drug-likeness (QED) is 0.262. The molecule has 0 aliphatic heterocycles. The number of hydrogen-bond acceptors (Lipinski definition) is 5. The number of nitrogens with one attached hydrogen (secondary N) is 3. The van der Waals surface area contributed by atoms with Crippen LogP contribution in [0.2, 0.25) is 10.0 Å². The summed E-state index contributed by atoms with van der Waals surface area (Å²) in [6, 6.07) is 17.2. The molecule has 3 N–H and O–H groups in total. The first-order chi connectivity index (χ1) is 18.7. The number of sulfonamides is 1. The van der Waals surface area contributed by atoms with Gasteiger partial charge in [-0.15, -0.1) is 0 Å². The number of anilines is 1. The molecule has 3 aromatic carbocycles. The molecule has 11 heteroatoms. The normalized spacial score (nSPS) is 13.9. The van der Waals surface area contributed by atoms with Crippen molar-refractivity contribution >= 4 is 50.7 Å². The van der Waals surface area contributed by atoms with Crippen LogP contribution in [0.4, 0.5) is 5.69 Å². The number of carbonyl (C=O) groups excluding carboxylic acids is 2. The minimum atomic E-state index is -4.05. The van der Waals surface area contributed by atoms with Gasteiger partial charge in [-0.2, -0.15) is 0 Å². The van der Waals surface area contributed by atoms with Crippen LogP contribution in [-0.2, 0) is 14.8 Å². The predicted octanol–water partition coefficient (Wildman–Crippen LogP) is 6.16. The second-order valence-electron chi connectivity index (χ2n) is 9.21. The third-order valence-corrected chi connectivity index (χ3v) is 8.21. The Morgan fingerprint density at radius 2 is 1.64 bits per heavy atom. The van der Waals surface area contributed by atoms with E-state index in [0.29, 0.717) is 16.5 Å². The Kier molecular flexibility index (Phi) is 9.72. The maximum absolute atomic E-state index is 13.1. The van der Waals surface area contributed by atoms with Crippen molar-refractivity contribution in [2.24, 2.45) is 0 Å².